The molecule has 2 aliphatic rings. The Balaban J connectivity index is 1.48. The van der Waals surface area contributed by atoms with Gasteiger partial charge in [0, 0.05) is 12.0 Å². The number of ether oxygens (including phenoxy) is 3. The summed E-state index contributed by atoms with van der Waals surface area (Å²) in [5, 5.41) is 0. The molecule has 1 aromatic rings. The van der Waals surface area contributed by atoms with E-state index >= 15 is 0 Å². The van der Waals surface area contributed by atoms with Gasteiger partial charge >= 0.3 is 5.97 Å². The van der Waals surface area contributed by atoms with Gasteiger partial charge in [-0.25, -0.2) is 4.79 Å². The lowest BCUT2D eigenvalue weighted by molar-refractivity contribution is 0.0538. The molecule has 0 atom stereocenters. The van der Waals surface area contributed by atoms with Crippen LogP contribution in [0.2, 0.25) is 0 Å². The van der Waals surface area contributed by atoms with Crippen LogP contribution in [0.5, 0.6) is 5.75 Å². The second-order valence-corrected chi connectivity index (χ2v) is 7.25. The minimum atomic E-state index is -0.335. The Hall–Kier alpha value is -2.23. The molecule has 1 heterocycles. The minimum absolute atomic E-state index is 0.239. The maximum Gasteiger partial charge on any atom is 0.338 e. The van der Waals surface area contributed by atoms with E-state index in [9.17, 15) is 4.79 Å². The van der Waals surface area contributed by atoms with Crippen molar-refractivity contribution in [2.24, 2.45) is 5.92 Å². The van der Waals surface area contributed by atoms with Gasteiger partial charge in [-0.2, -0.15) is 0 Å². The van der Waals surface area contributed by atoms with E-state index in [1.165, 1.54) is 19.3 Å². The quantitative estimate of drug-likeness (QED) is 0.640. The summed E-state index contributed by atoms with van der Waals surface area (Å²) in [4.78, 5) is 12.2. The predicted octanol–water partition coefficient (Wildman–Crippen LogP) is 5.40. The monoisotopic (exact) mass is 356 g/mol. The van der Waals surface area contributed by atoms with Crippen LogP contribution >= 0.6 is 0 Å². The van der Waals surface area contributed by atoms with Crippen molar-refractivity contribution in [3.63, 3.8) is 0 Å². The standard InChI is InChI=1S/C22H28O4/c1-4-17-5-9-20(10-6-17)26-21-11-7-18(8-12-21)22(23)24-14-19-13-15(2)25-16(19)3/h7-8,11-12,17,20H,2,4-6,9-10,13-14H2,1,3H3/t17-,20-. The third kappa shape index (κ3) is 4.69. The highest BCUT2D eigenvalue weighted by atomic mass is 16.5. The topological polar surface area (TPSA) is 44.8 Å². The third-order valence-electron chi connectivity index (χ3n) is 5.35. The fourth-order valence-corrected chi connectivity index (χ4v) is 3.60. The van der Waals surface area contributed by atoms with E-state index in [-0.39, 0.29) is 12.6 Å². The number of rotatable bonds is 6. The lowest BCUT2D eigenvalue weighted by atomic mass is 9.86. The maximum absolute atomic E-state index is 12.2. The zero-order chi connectivity index (χ0) is 18.5. The first-order chi connectivity index (χ1) is 12.5. The number of carbonyl (C=O) groups excluding carboxylic acids is 1. The Morgan fingerprint density at radius 2 is 1.88 bits per heavy atom. The van der Waals surface area contributed by atoms with Crippen LogP contribution in [0.25, 0.3) is 0 Å². The summed E-state index contributed by atoms with van der Waals surface area (Å²) in [5.41, 5.74) is 1.49. The molecular weight excluding hydrogens is 328 g/mol. The smallest absolute Gasteiger partial charge is 0.338 e. The molecule has 0 saturated heterocycles. The number of carbonyl (C=O) groups is 1. The van der Waals surface area contributed by atoms with Gasteiger partial charge in [-0.1, -0.05) is 19.9 Å². The number of allylic oxidation sites excluding steroid dienone is 2. The summed E-state index contributed by atoms with van der Waals surface area (Å²) >= 11 is 0. The molecule has 3 rings (SSSR count). The SMILES string of the molecule is C=C1CC(COC(=O)c2ccc(O[C@H]3CC[C@H](CC)CC3)cc2)=C(C)O1. The summed E-state index contributed by atoms with van der Waals surface area (Å²) in [6, 6.07) is 7.24. The number of hydrogen-bond acceptors (Lipinski definition) is 4. The van der Waals surface area contributed by atoms with Crippen LogP contribution < -0.4 is 4.74 Å². The van der Waals surface area contributed by atoms with Crippen molar-refractivity contribution in [1.29, 1.82) is 0 Å². The lowest BCUT2D eigenvalue weighted by Gasteiger charge is -2.28. The molecular formula is C22H28O4. The van der Waals surface area contributed by atoms with Gasteiger partial charge in [0.25, 0.3) is 0 Å². The molecule has 0 unspecified atom stereocenters. The molecule has 4 heteroatoms. The van der Waals surface area contributed by atoms with Crippen LogP contribution in [0.4, 0.5) is 0 Å². The molecule has 1 aliphatic heterocycles. The molecule has 140 valence electrons. The normalized spacial score (nSPS) is 22.9. The second kappa shape index (κ2) is 8.43. The molecule has 0 N–H and O–H groups in total. The Labute approximate surface area is 155 Å². The van der Waals surface area contributed by atoms with Gasteiger partial charge in [-0.05, 0) is 62.8 Å². The Morgan fingerprint density at radius 3 is 2.46 bits per heavy atom. The molecule has 1 aliphatic carbocycles. The molecule has 26 heavy (non-hydrogen) atoms. The lowest BCUT2D eigenvalue weighted by Crippen LogP contribution is -2.23. The average Bonchev–Trinajstić information content (AvgIpc) is 2.98. The highest BCUT2D eigenvalue weighted by Gasteiger charge is 2.21. The van der Waals surface area contributed by atoms with Crippen LogP contribution in [-0.2, 0) is 9.47 Å². The predicted molar refractivity (Wildman–Crippen MR) is 101 cm³/mol. The van der Waals surface area contributed by atoms with Crippen molar-refractivity contribution >= 4 is 5.97 Å². The van der Waals surface area contributed by atoms with Crippen molar-refractivity contribution in [3.05, 3.63) is 53.5 Å². The molecule has 0 spiro atoms. The van der Waals surface area contributed by atoms with E-state index in [0.29, 0.717) is 23.8 Å². The maximum atomic E-state index is 12.2. The fourth-order valence-electron chi connectivity index (χ4n) is 3.60. The van der Waals surface area contributed by atoms with Crippen LogP contribution in [0, 0.1) is 5.92 Å². The molecule has 1 saturated carbocycles. The molecule has 0 aromatic heterocycles. The molecule has 4 nitrogen and oxygen atoms in total. The summed E-state index contributed by atoms with van der Waals surface area (Å²) < 4.78 is 16.8. The number of benzene rings is 1. The van der Waals surface area contributed by atoms with Crippen LogP contribution in [0.15, 0.2) is 47.9 Å². The van der Waals surface area contributed by atoms with Gasteiger partial charge in [-0.15, -0.1) is 0 Å². The minimum Gasteiger partial charge on any atom is -0.490 e. The number of esters is 1. The van der Waals surface area contributed by atoms with Gasteiger partial charge in [-0.3, -0.25) is 0 Å². The van der Waals surface area contributed by atoms with Crippen LogP contribution in [0.1, 0.15) is 62.7 Å². The third-order valence-corrected chi connectivity index (χ3v) is 5.35. The molecule has 0 amide bonds. The molecule has 0 radical (unpaired) electrons. The largest absolute Gasteiger partial charge is 0.490 e. The summed E-state index contributed by atoms with van der Waals surface area (Å²) in [6.45, 7) is 8.15. The van der Waals surface area contributed by atoms with Gasteiger partial charge in [0.05, 0.1) is 11.7 Å². The van der Waals surface area contributed by atoms with E-state index < -0.39 is 0 Å². The summed E-state index contributed by atoms with van der Waals surface area (Å²) in [5.74, 6) is 2.82. The van der Waals surface area contributed by atoms with Gasteiger partial charge in [0.15, 0.2) is 0 Å². The van der Waals surface area contributed by atoms with E-state index in [0.717, 1.165) is 35.8 Å². The molecule has 1 aromatic carbocycles. The van der Waals surface area contributed by atoms with Crippen molar-refractivity contribution in [2.45, 2.75) is 58.5 Å². The fraction of sp³-hybridized carbons (Fsp3) is 0.500. The summed E-state index contributed by atoms with van der Waals surface area (Å²) in [6.07, 6.45) is 6.91. The molecule has 1 fully saturated rings. The average molecular weight is 356 g/mol. The molecule has 0 bridgehead atoms. The first-order valence-electron chi connectivity index (χ1n) is 9.53. The van der Waals surface area contributed by atoms with Gasteiger partial charge < -0.3 is 14.2 Å². The summed E-state index contributed by atoms with van der Waals surface area (Å²) in [7, 11) is 0. The second-order valence-electron chi connectivity index (χ2n) is 7.25. The van der Waals surface area contributed by atoms with E-state index in [1.54, 1.807) is 12.1 Å². The zero-order valence-electron chi connectivity index (χ0n) is 15.8. The highest BCUT2D eigenvalue weighted by Crippen LogP contribution is 2.30. The first kappa shape index (κ1) is 18.6. The van der Waals surface area contributed by atoms with Crippen molar-refractivity contribution in [3.8, 4) is 5.75 Å². The Kier molecular flexibility index (Phi) is 6.02. The van der Waals surface area contributed by atoms with E-state index in [2.05, 4.69) is 13.5 Å². The van der Waals surface area contributed by atoms with Crippen molar-refractivity contribution in [2.75, 3.05) is 6.61 Å². The Bertz CT molecular complexity index is 679. The zero-order valence-corrected chi connectivity index (χ0v) is 15.8. The van der Waals surface area contributed by atoms with Crippen molar-refractivity contribution < 1.29 is 19.0 Å². The first-order valence-corrected chi connectivity index (χ1v) is 9.53. The van der Waals surface area contributed by atoms with Gasteiger partial charge in [0.2, 0.25) is 0 Å². The Morgan fingerprint density at radius 1 is 1.19 bits per heavy atom. The van der Waals surface area contributed by atoms with Crippen LogP contribution in [-0.4, -0.2) is 18.7 Å². The van der Waals surface area contributed by atoms with Gasteiger partial charge in [0.1, 0.15) is 23.9 Å². The van der Waals surface area contributed by atoms with E-state index in [1.807, 2.05) is 19.1 Å². The number of hydrogen-bond donors (Lipinski definition) is 0. The van der Waals surface area contributed by atoms with E-state index in [4.69, 9.17) is 14.2 Å². The van der Waals surface area contributed by atoms with Crippen molar-refractivity contribution in [1.82, 2.24) is 0 Å². The van der Waals surface area contributed by atoms with Crippen LogP contribution in [0.3, 0.4) is 0 Å². The highest BCUT2D eigenvalue weighted by molar-refractivity contribution is 5.89.